The Morgan fingerprint density at radius 3 is 2.47 bits per heavy atom. The first-order valence-electron chi connectivity index (χ1n) is 10.5. The molecule has 0 aliphatic carbocycles. The molecular formula is C24H24N6O4. The van der Waals surface area contributed by atoms with Gasteiger partial charge in [0.1, 0.15) is 29.6 Å². The number of esters is 1. The minimum atomic E-state index is -0.991. The fraction of sp³-hybridized carbons (Fsp3) is 0.333. The van der Waals surface area contributed by atoms with Gasteiger partial charge in [-0.15, -0.1) is 0 Å². The third-order valence-electron chi connectivity index (χ3n) is 5.25. The van der Waals surface area contributed by atoms with Crippen molar-refractivity contribution in [3.8, 4) is 23.4 Å². The smallest absolute Gasteiger partial charge is 0.306 e. The Morgan fingerprint density at radius 2 is 1.88 bits per heavy atom. The van der Waals surface area contributed by atoms with Gasteiger partial charge in [-0.1, -0.05) is 6.07 Å². The van der Waals surface area contributed by atoms with Gasteiger partial charge < -0.3 is 21.1 Å². The summed E-state index contributed by atoms with van der Waals surface area (Å²) in [5, 5.41) is 18.6. The van der Waals surface area contributed by atoms with Gasteiger partial charge in [-0.25, -0.2) is 4.98 Å². The molecule has 0 saturated carbocycles. The monoisotopic (exact) mass is 460 g/mol. The minimum absolute atomic E-state index is 0.00867. The Bertz CT molecular complexity index is 1270. The van der Waals surface area contributed by atoms with Crippen molar-refractivity contribution >= 4 is 23.6 Å². The van der Waals surface area contributed by atoms with Gasteiger partial charge in [0.05, 0.1) is 16.8 Å². The number of anilines is 1. The summed E-state index contributed by atoms with van der Waals surface area (Å²) >= 11 is 0. The first kappa shape index (κ1) is 24.2. The van der Waals surface area contributed by atoms with Crippen molar-refractivity contribution < 1.29 is 19.1 Å². The number of hydrogen-bond donors (Lipinski definition) is 2. The van der Waals surface area contributed by atoms with Gasteiger partial charge in [0, 0.05) is 24.1 Å². The van der Waals surface area contributed by atoms with E-state index < -0.39 is 23.5 Å². The number of rotatable bonds is 6. The average molecular weight is 460 g/mol. The second-order valence-electron chi connectivity index (χ2n) is 8.89. The van der Waals surface area contributed by atoms with Crippen molar-refractivity contribution in [2.45, 2.75) is 51.8 Å². The van der Waals surface area contributed by atoms with Crippen LogP contribution in [0.15, 0.2) is 24.3 Å². The Balaban J connectivity index is 1.87. The van der Waals surface area contributed by atoms with E-state index in [1.54, 1.807) is 39.0 Å². The fourth-order valence-corrected chi connectivity index (χ4v) is 3.76. The van der Waals surface area contributed by atoms with Gasteiger partial charge in [-0.05, 0) is 51.0 Å². The number of nitriles is 2. The summed E-state index contributed by atoms with van der Waals surface area (Å²) in [6.07, 6.45) is -0.0423. The Labute approximate surface area is 196 Å². The quantitative estimate of drug-likeness (QED) is 0.615. The number of ether oxygens (including phenoxy) is 1. The van der Waals surface area contributed by atoms with E-state index in [0.717, 1.165) is 0 Å². The molecule has 10 nitrogen and oxygen atoms in total. The molecular weight excluding hydrogens is 436 g/mol. The van der Waals surface area contributed by atoms with Crippen LogP contribution < -0.4 is 11.5 Å². The number of carbonyl (C=O) groups is 3. The molecule has 0 saturated heterocycles. The number of nitrogens with zero attached hydrogens (tertiary/aromatic N) is 4. The second kappa shape index (κ2) is 9.20. The van der Waals surface area contributed by atoms with Crippen molar-refractivity contribution in [2.24, 2.45) is 5.73 Å². The summed E-state index contributed by atoms with van der Waals surface area (Å²) in [7, 11) is 0. The molecule has 174 valence electrons. The number of fused-ring (bicyclic) bond motifs is 1. The van der Waals surface area contributed by atoms with Crippen LogP contribution >= 0.6 is 0 Å². The molecule has 1 aromatic heterocycles. The van der Waals surface area contributed by atoms with Crippen LogP contribution in [0.1, 0.15) is 60.7 Å². The van der Waals surface area contributed by atoms with Crippen molar-refractivity contribution in [2.75, 3.05) is 5.73 Å². The van der Waals surface area contributed by atoms with E-state index in [0.29, 0.717) is 16.7 Å². The highest BCUT2D eigenvalue weighted by molar-refractivity contribution is 6.01. The third kappa shape index (κ3) is 4.97. The van der Waals surface area contributed by atoms with Gasteiger partial charge in [-0.3, -0.25) is 14.4 Å². The number of nitrogen functional groups attached to an aromatic ring is 1. The van der Waals surface area contributed by atoms with Crippen LogP contribution in [-0.4, -0.2) is 39.3 Å². The van der Waals surface area contributed by atoms with E-state index in [-0.39, 0.29) is 47.9 Å². The van der Waals surface area contributed by atoms with E-state index in [1.165, 1.54) is 11.0 Å². The molecule has 1 atom stereocenters. The van der Waals surface area contributed by atoms with Crippen LogP contribution in [0.2, 0.25) is 0 Å². The molecule has 0 fully saturated rings. The maximum Gasteiger partial charge on any atom is 0.306 e. The highest BCUT2D eigenvalue weighted by Crippen LogP contribution is 2.32. The Hall–Kier alpha value is -4.44. The standard InChI is InChI=1S/C24H24N6O4/c1-24(2,3)34-19(31)7-6-18(22(28)32)30-12-16-8-13(4-5-17(16)23(30)33)20-14(10-25)9-15(11-26)21(27)29-20/h4-5,8-9,18H,6-7,12H2,1-3H3,(H2,27,29)(H2,28,32)/t18-/m0/s1. The number of benzene rings is 1. The summed E-state index contributed by atoms with van der Waals surface area (Å²) in [5.74, 6) is -1.61. The van der Waals surface area contributed by atoms with Crippen molar-refractivity contribution in [3.05, 3.63) is 46.5 Å². The summed E-state index contributed by atoms with van der Waals surface area (Å²) in [4.78, 5) is 42.8. The third-order valence-corrected chi connectivity index (χ3v) is 5.25. The number of hydrogen-bond acceptors (Lipinski definition) is 8. The predicted octanol–water partition coefficient (Wildman–Crippen LogP) is 2.01. The Kier molecular flexibility index (Phi) is 6.55. The van der Waals surface area contributed by atoms with Gasteiger partial charge in [0.25, 0.3) is 5.91 Å². The summed E-state index contributed by atoms with van der Waals surface area (Å²) in [6, 6.07) is 9.16. The summed E-state index contributed by atoms with van der Waals surface area (Å²) in [5.41, 5.74) is 12.8. The van der Waals surface area contributed by atoms with Crippen LogP contribution in [0.4, 0.5) is 5.82 Å². The molecule has 3 rings (SSSR count). The van der Waals surface area contributed by atoms with Gasteiger partial charge in [-0.2, -0.15) is 10.5 Å². The van der Waals surface area contributed by atoms with Gasteiger partial charge >= 0.3 is 5.97 Å². The lowest BCUT2D eigenvalue weighted by Crippen LogP contribution is -2.45. The van der Waals surface area contributed by atoms with E-state index in [4.69, 9.17) is 21.5 Å². The van der Waals surface area contributed by atoms with Crippen LogP contribution in [-0.2, 0) is 20.9 Å². The lowest BCUT2D eigenvalue weighted by atomic mass is 10.00. The number of amides is 2. The molecule has 1 aromatic carbocycles. The fourth-order valence-electron chi connectivity index (χ4n) is 3.76. The average Bonchev–Trinajstić information content (AvgIpc) is 3.07. The molecule has 2 aromatic rings. The van der Waals surface area contributed by atoms with Crippen LogP contribution in [0.5, 0.6) is 0 Å². The second-order valence-corrected chi connectivity index (χ2v) is 8.89. The molecule has 10 heteroatoms. The number of nitrogens with two attached hydrogens (primary N) is 2. The van der Waals surface area contributed by atoms with Crippen LogP contribution in [0, 0.1) is 22.7 Å². The number of aromatic nitrogens is 1. The van der Waals surface area contributed by atoms with Gasteiger partial charge in [0.15, 0.2) is 0 Å². The molecule has 2 amide bonds. The maximum atomic E-state index is 13.0. The highest BCUT2D eigenvalue weighted by Gasteiger charge is 2.36. The van der Waals surface area contributed by atoms with Crippen LogP contribution in [0.3, 0.4) is 0 Å². The molecule has 0 bridgehead atoms. The molecule has 2 heterocycles. The predicted molar refractivity (Wildman–Crippen MR) is 121 cm³/mol. The zero-order chi connectivity index (χ0) is 25.2. The highest BCUT2D eigenvalue weighted by atomic mass is 16.6. The molecule has 0 radical (unpaired) electrons. The number of primary amides is 1. The van der Waals surface area contributed by atoms with E-state index in [2.05, 4.69) is 4.98 Å². The lowest BCUT2D eigenvalue weighted by Gasteiger charge is -2.25. The zero-order valence-electron chi connectivity index (χ0n) is 19.1. The van der Waals surface area contributed by atoms with Gasteiger partial charge in [0.2, 0.25) is 5.91 Å². The van der Waals surface area contributed by atoms with Crippen LogP contribution in [0.25, 0.3) is 11.3 Å². The SMILES string of the molecule is CC(C)(C)OC(=O)CC[C@@H](C(N)=O)N1Cc2cc(-c3nc(N)c(C#N)cc3C#N)ccc2C1=O. The van der Waals surface area contributed by atoms with E-state index in [1.807, 2.05) is 12.1 Å². The van der Waals surface area contributed by atoms with Crippen molar-refractivity contribution in [3.63, 3.8) is 0 Å². The van der Waals surface area contributed by atoms with E-state index in [9.17, 15) is 19.6 Å². The van der Waals surface area contributed by atoms with E-state index >= 15 is 0 Å². The minimum Gasteiger partial charge on any atom is -0.460 e. The topological polar surface area (TPSA) is 176 Å². The Morgan fingerprint density at radius 1 is 1.21 bits per heavy atom. The zero-order valence-corrected chi connectivity index (χ0v) is 19.1. The largest absolute Gasteiger partial charge is 0.460 e. The first-order chi connectivity index (χ1) is 15.9. The lowest BCUT2D eigenvalue weighted by molar-refractivity contribution is -0.155. The summed E-state index contributed by atoms with van der Waals surface area (Å²) < 4.78 is 5.27. The molecule has 1 aliphatic rings. The number of carbonyl (C=O) groups excluding carboxylic acids is 3. The summed E-state index contributed by atoms with van der Waals surface area (Å²) in [6.45, 7) is 5.31. The molecule has 1 aliphatic heterocycles. The normalized spacial score (nSPS) is 13.6. The first-order valence-corrected chi connectivity index (χ1v) is 10.5. The molecule has 4 N–H and O–H groups in total. The molecule has 0 unspecified atom stereocenters. The number of pyridine rings is 1. The van der Waals surface area contributed by atoms with Crippen molar-refractivity contribution in [1.29, 1.82) is 10.5 Å². The van der Waals surface area contributed by atoms with Crippen molar-refractivity contribution in [1.82, 2.24) is 9.88 Å². The molecule has 34 heavy (non-hydrogen) atoms. The maximum absolute atomic E-state index is 13.0. The molecule has 0 spiro atoms.